The Morgan fingerprint density at radius 1 is 1.18 bits per heavy atom. The molecule has 3 heterocycles. The first-order valence-corrected chi connectivity index (χ1v) is 10.3. The largest absolute Gasteiger partial charge is 0.452 e. The van der Waals surface area contributed by atoms with Crippen molar-refractivity contribution in [1.29, 1.82) is 0 Å². The minimum Gasteiger partial charge on any atom is -0.452 e. The number of aromatic nitrogens is 1. The fraction of sp³-hybridized carbons (Fsp3) is 0.238. The standard InChI is InChI=1S/C21H21N3O2S2/c1-14-5-7-15(8-6-14)28-18-10-9-17(26-18)20-19(16-4-2-3-11-22-16)23-21(27)24(20)12-13-25/h2-11,19-20,25H,12-13H2,1H3,(H,23,27)/t19-,20-/m1/s1. The van der Waals surface area contributed by atoms with Crippen LogP contribution in [0.4, 0.5) is 0 Å². The Bertz CT molecular complexity index is 944. The second-order valence-corrected chi connectivity index (χ2v) is 8.08. The number of aliphatic hydroxyl groups excluding tert-OH is 1. The van der Waals surface area contributed by atoms with E-state index in [1.54, 1.807) is 18.0 Å². The number of rotatable bonds is 6. The summed E-state index contributed by atoms with van der Waals surface area (Å²) >= 11 is 7.10. The molecular weight excluding hydrogens is 390 g/mol. The third-order valence-electron chi connectivity index (χ3n) is 4.67. The molecule has 0 radical (unpaired) electrons. The van der Waals surface area contributed by atoms with Gasteiger partial charge in [0.2, 0.25) is 0 Å². The summed E-state index contributed by atoms with van der Waals surface area (Å²) in [5.74, 6) is 0.797. The zero-order valence-corrected chi connectivity index (χ0v) is 17.0. The molecule has 1 fully saturated rings. The van der Waals surface area contributed by atoms with Crippen molar-refractivity contribution in [3.63, 3.8) is 0 Å². The Kier molecular flexibility index (Phi) is 5.66. The number of pyridine rings is 1. The van der Waals surface area contributed by atoms with Crippen molar-refractivity contribution in [3.05, 3.63) is 77.8 Å². The maximum absolute atomic E-state index is 9.51. The van der Waals surface area contributed by atoms with Gasteiger partial charge in [0, 0.05) is 17.6 Å². The summed E-state index contributed by atoms with van der Waals surface area (Å²) in [6.07, 6.45) is 1.77. The SMILES string of the molecule is Cc1ccc(Sc2ccc([C@@H]3[C@@H](c4ccccn4)NC(=S)N3CCO)o2)cc1. The van der Waals surface area contributed by atoms with Gasteiger partial charge in [0.05, 0.1) is 18.3 Å². The summed E-state index contributed by atoms with van der Waals surface area (Å²) < 4.78 is 6.19. The van der Waals surface area contributed by atoms with E-state index in [1.165, 1.54) is 5.56 Å². The molecule has 144 valence electrons. The average molecular weight is 412 g/mol. The van der Waals surface area contributed by atoms with E-state index in [9.17, 15) is 5.11 Å². The molecule has 1 saturated heterocycles. The molecule has 2 atom stereocenters. The molecule has 2 aromatic heterocycles. The van der Waals surface area contributed by atoms with Crippen LogP contribution in [0, 0.1) is 6.92 Å². The number of aliphatic hydroxyl groups is 1. The van der Waals surface area contributed by atoms with E-state index in [0.717, 1.165) is 21.4 Å². The van der Waals surface area contributed by atoms with Crippen LogP contribution in [-0.4, -0.2) is 33.3 Å². The smallest absolute Gasteiger partial charge is 0.170 e. The molecule has 28 heavy (non-hydrogen) atoms. The van der Waals surface area contributed by atoms with Crippen molar-refractivity contribution in [2.45, 2.75) is 29.0 Å². The minimum absolute atomic E-state index is 0.0128. The van der Waals surface area contributed by atoms with Gasteiger partial charge in [0.25, 0.3) is 0 Å². The Morgan fingerprint density at radius 2 is 2.00 bits per heavy atom. The second kappa shape index (κ2) is 8.34. The predicted molar refractivity (Wildman–Crippen MR) is 113 cm³/mol. The maximum Gasteiger partial charge on any atom is 0.170 e. The third-order valence-corrected chi connectivity index (χ3v) is 5.95. The van der Waals surface area contributed by atoms with Gasteiger partial charge in [-0.05, 0) is 55.5 Å². The third kappa shape index (κ3) is 3.92. The highest BCUT2D eigenvalue weighted by Crippen LogP contribution is 2.40. The lowest BCUT2D eigenvalue weighted by Crippen LogP contribution is -2.32. The molecule has 0 unspecified atom stereocenters. The van der Waals surface area contributed by atoms with Gasteiger partial charge in [-0.2, -0.15) is 0 Å². The fourth-order valence-electron chi connectivity index (χ4n) is 3.33. The highest BCUT2D eigenvalue weighted by molar-refractivity contribution is 7.99. The minimum atomic E-state index is -0.165. The van der Waals surface area contributed by atoms with Crippen molar-refractivity contribution in [3.8, 4) is 0 Å². The zero-order valence-electron chi connectivity index (χ0n) is 15.4. The van der Waals surface area contributed by atoms with Crippen LogP contribution in [0.25, 0.3) is 0 Å². The van der Waals surface area contributed by atoms with Gasteiger partial charge >= 0.3 is 0 Å². The summed E-state index contributed by atoms with van der Waals surface area (Å²) in [6, 6.07) is 17.8. The van der Waals surface area contributed by atoms with Crippen LogP contribution in [0.15, 0.2) is 75.2 Å². The van der Waals surface area contributed by atoms with E-state index in [0.29, 0.717) is 11.7 Å². The van der Waals surface area contributed by atoms with E-state index in [1.807, 2.05) is 35.2 Å². The van der Waals surface area contributed by atoms with Crippen LogP contribution < -0.4 is 5.32 Å². The highest BCUT2D eigenvalue weighted by Gasteiger charge is 2.41. The average Bonchev–Trinajstić information content (AvgIpc) is 3.29. The van der Waals surface area contributed by atoms with Gasteiger partial charge in [-0.1, -0.05) is 35.5 Å². The summed E-state index contributed by atoms with van der Waals surface area (Å²) in [5, 5.41) is 14.3. The van der Waals surface area contributed by atoms with E-state index in [-0.39, 0.29) is 18.7 Å². The molecule has 3 aromatic rings. The molecule has 7 heteroatoms. The number of thiocarbonyl (C=S) groups is 1. The first-order valence-electron chi connectivity index (χ1n) is 9.09. The Hall–Kier alpha value is -2.35. The second-order valence-electron chi connectivity index (χ2n) is 6.62. The number of nitrogens with one attached hydrogen (secondary N) is 1. The Balaban J connectivity index is 1.63. The van der Waals surface area contributed by atoms with E-state index >= 15 is 0 Å². The molecule has 1 aliphatic rings. The summed E-state index contributed by atoms with van der Waals surface area (Å²) in [5.41, 5.74) is 2.12. The number of β-amino-alcohol motifs (C(OH)–C–C–N with tert-alkyl or cyclic N) is 1. The highest BCUT2D eigenvalue weighted by atomic mass is 32.2. The van der Waals surface area contributed by atoms with Gasteiger partial charge in [-0.3, -0.25) is 4.98 Å². The molecule has 4 rings (SSSR count). The first kappa shape index (κ1) is 19.0. The van der Waals surface area contributed by atoms with Crippen molar-refractivity contribution in [1.82, 2.24) is 15.2 Å². The Labute approximate surface area is 173 Å². The van der Waals surface area contributed by atoms with Crippen molar-refractivity contribution < 1.29 is 9.52 Å². The normalized spacial score (nSPS) is 19.1. The van der Waals surface area contributed by atoms with Crippen LogP contribution in [0.3, 0.4) is 0 Å². The lowest BCUT2D eigenvalue weighted by atomic mass is 10.0. The molecule has 1 aliphatic heterocycles. The molecule has 0 bridgehead atoms. The van der Waals surface area contributed by atoms with Crippen molar-refractivity contribution >= 4 is 29.1 Å². The number of benzene rings is 1. The number of aryl methyl sites for hydroxylation is 1. The molecule has 0 saturated carbocycles. The van der Waals surface area contributed by atoms with Crippen LogP contribution in [0.2, 0.25) is 0 Å². The van der Waals surface area contributed by atoms with Gasteiger partial charge in [-0.15, -0.1) is 0 Å². The van der Waals surface area contributed by atoms with Crippen molar-refractivity contribution in [2.24, 2.45) is 0 Å². The van der Waals surface area contributed by atoms with Gasteiger partial charge in [0.15, 0.2) is 10.2 Å². The van der Waals surface area contributed by atoms with E-state index < -0.39 is 0 Å². The summed E-state index contributed by atoms with van der Waals surface area (Å²) in [6.45, 7) is 2.52. The molecule has 2 N–H and O–H groups in total. The molecule has 0 aliphatic carbocycles. The van der Waals surface area contributed by atoms with Gasteiger partial charge in [0.1, 0.15) is 11.8 Å². The predicted octanol–water partition coefficient (Wildman–Crippen LogP) is 4.10. The van der Waals surface area contributed by atoms with Gasteiger partial charge < -0.3 is 19.7 Å². The van der Waals surface area contributed by atoms with Crippen molar-refractivity contribution in [2.75, 3.05) is 13.2 Å². The van der Waals surface area contributed by atoms with Crippen LogP contribution in [0.1, 0.15) is 29.1 Å². The van der Waals surface area contributed by atoms with Crippen LogP contribution >= 0.6 is 24.0 Å². The van der Waals surface area contributed by atoms with Gasteiger partial charge in [-0.25, -0.2) is 0 Å². The number of hydrogen-bond acceptors (Lipinski definition) is 5. The molecular formula is C21H21N3O2S2. The number of furan rings is 1. The van der Waals surface area contributed by atoms with Crippen LogP contribution in [0.5, 0.6) is 0 Å². The van der Waals surface area contributed by atoms with E-state index in [4.69, 9.17) is 16.6 Å². The molecule has 5 nitrogen and oxygen atoms in total. The lowest BCUT2D eigenvalue weighted by Gasteiger charge is -2.25. The maximum atomic E-state index is 9.51. The number of hydrogen-bond donors (Lipinski definition) is 2. The topological polar surface area (TPSA) is 61.5 Å². The lowest BCUT2D eigenvalue weighted by molar-refractivity contribution is 0.204. The first-order chi connectivity index (χ1) is 13.7. The summed E-state index contributed by atoms with van der Waals surface area (Å²) in [7, 11) is 0. The molecule has 0 amide bonds. The molecule has 1 aromatic carbocycles. The summed E-state index contributed by atoms with van der Waals surface area (Å²) in [4.78, 5) is 7.58. The Morgan fingerprint density at radius 3 is 2.71 bits per heavy atom. The number of nitrogens with zero attached hydrogens (tertiary/aromatic N) is 2. The fourth-order valence-corrected chi connectivity index (χ4v) is 4.44. The molecule has 0 spiro atoms. The zero-order chi connectivity index (χ0) is 19.5. The quantitative estimate of drug-likeness (QED) is 0.592. The van der Waals surface area contributed by atoms with Crippen LogP contribution in [-0.2, 0) is 0 Å². The van der Waals surface area contributed by atoms with E-state index in [2.05, 4.69) is 41.5 Å². The monoisotopic (exact) mass is 411 g/mol.